The van der Waals surface area contributed by atoms with E-state index in [1.807, 2.05) is 12.1 Å². The molecule has 0 fully saturated rings. The lowest BCUT2D eigenvalue weighted by Crippen LogP contribution is -2.15. The molecule has 0 saturated heterocycles. The number of carboxylic acid groups (broad SMARTS) is 1. The molecule has 9 nitrogen and oxygen atoms in total. The van der Waals surface area contributed by atoms with Crippen molar-refractivity contribution >= 4 is 28.5 Å². The van der Waals surface area contributed by atoms with Gasteiger partial charge in [0.25, 0.3) is 5.91 Å². The van der Waals surface area contributed by atoms with Gasteiger partial charge in [0.05, 0.1) is 42.5 Å². The number of nitriles is 1. The number of rotatable bonds is 6. The third kappa shape index (κ3) is 4.05. The standard InChI is InChI=1S/C24H17N3O6/c1-31-15-5-8-20(32-2)16(11-15)14-4-7-21-18(10-14)22(27-33-21)23(28)26-19-6-3-13(12-25)9-17(19)24(29)30/h3-11H,1-2H3,(H,26,28)(H,29,30). The van der Waals surface area contributed by atoms with Crippen molar-refractivity contribution in [2.45, 2.75) is 0 Å². The molecular formula is C24H17N3O6. The van der Waals surface area contributed by atoms with E-state index in [2.05, 4.69) is 10.5 Å². The van der Waals surface area contributed by atoms with Crippen LogP contribution in [0.25, 0.3) is 22.1 Å². The summed E-state index contributed by atoms with van der Waals surface area (Å²) in [4.78, 5) is 24.5. The number of aromatic nitrogens is 1. The first-order valence-electron chi connectivity index (χ1n) is 9.65. The maximum absolute atomic E-state index is 13.0. The summed E-state index contributed by atoms with van der Waals surface area (Å²) in [5, 5.41) is 25.3. The van der Waals surface area contributed by atoms with Crippen LogP contribution in [0.15, 0.2) is 59.1 Å². The van der Waals surface area contributed by atoms with Crippen molar-refractivity contribution in [3.63, 3.8) is 0 Å². The summed E-state index contributed by atoms with van der Waals surface area (Å²) in [5.41, 5.74) is 1.82. The summed E-state index contributed by atoms with van der Waals surface area (Å²) in [7, 11) is 3.12. The molecule has 3 aromatic carbocycles. The molecule has 9 heteroatoms. The van der Waals surface area contributed by atoms with Crippen molar-refractivity contribution in [2.75, 3.05) is 19.5 Å². The smallest absolute Gasteiger partial charge is 0.337 e. The van der Waals surface area contributed by atoms with Gasteiger partial charge < -0.3 is 24.4 Å². The predicted octanol–water partition coefficient (Wildman–Crippen LogP) is 4.33. The van der Waals surface area contributed by atoms with Crippen molar-refractivity contribution < 1.29 is 28.7 Å². The highest BCUT2D eigenvalue weighted by Crippen LogP contribution is 2.35. The number of amides is 1. The number of hydrogen-bond donors (Lipinski definition) is 2. The molecule has 1 aromatic heterocycles. The van der Waals surface area contributed by atoms with Crippen LogP contribution in [0.2, 0.25) is 0 Å². The third-order valence-corrected chi connectivity index (χ3v) is 5.03. The highest BCUT2D eigenvalue weighted by Gasteiger charge is 2.20. The molecule has 0 aliphatic rings. The Labute approximate surface area is 187 Å². The Balaban J connectivity index is 1.74. The van der Waals surface area contributed by atoms with Gasteiger partial charge in [0, 0.05) is 5.56 Å². The van der Waals surface area contributed by atoms with Crippen LogP contribution in [0.5, 0.6) is 11.5 Å². The number of nitrogens with zero attached hydrogens (tertiary/aromatic N) is 2. The van der Waals surface area contributed by atoms with E-state index in [1.165, 1.54) is 18.2 Å². The third-order valence-electron chi connectivity index (χ3n) is 5.03. The summed E-state index contributed by atoms with van der Waals surface area (Å²) < 4.78 is 16.0. The molecular weight excluding hydrogens is 426 g/mol. The van der Waals surface area contributed by atoms with Crippen LogP contribution in [-0.4, -0.2) is 36.4 Å². The Hall–Kier alpha value is -4.84. The van der Waals surface area contributed by atoms with E-state index in [0.29, 0.717) is 22.5 Å². The van der Waals surface area contributed by atoms with Crippen LogP contribution < -0.4 is 14.8 Å². The van der Waals surface area contributed by atoms with Crippen molar-refractivity contribution in [3.05, 3.63) is 71.4 Å². The lowest BCUT2D eigenvalue weighted by molar-refractivity contribution is 0.0698. The van der Waals surface area contributed by atoms with Crippen molar-refractivity contribution in [2.24, 2.45) is 0 Å². The molecule has 0 radical (unpaired) electrons. The summed E-state index contributed by atoms with van der Waals surface area (Å²) in [5.74, 6) is -0.687. The van der Waals surface area contributed by atoms with E-state index in [0.717, 1.165) is 11.1 Å². The molecule has 2 N–H and O–H groups in total. The fourth-order valence-corrected chi connectivity index (χ4v) is 3.39. The molecule has 4 rings (SSSR count). The van der Waals surface area contributed by atoms with E-state index in [1.54, 1.807) is 44.6 Å². The number of hydrogen-bond acceptors (Lipinski definition) is 7. The van der Waals surface area contributed by atoms with Gasteiger partial charge in [-0.1, -0.05) is 11.2 Å². The number of carbonyl (C=O) groups excluding carboxylic acids is 1. The van der Waals surface area contributed by atoms with Gasteiger partial charge in [-0.25, -0.2) is 4.79 Å². The number of nitrogens with one attached hydrogen (secondary N) is 1. The minimum Gasteiger partial charge on any atom is -0.497 e. The Bertz CT molecular complexity index is 1430. The summed E-state index contributed by atoms with van der Waals surface area (Å²) in [6.45, 7) is 0. The molecule has 4 aromatic rings. The summed E-state index contributed by atoms with van der Waals surface area (Å²) >= 11 is 0. The maximum atomic E-state index is 13.0. The monoisotopic (exact) mass is 443 g/mol. The number of ether oxygens (including phenoxy) is 2. The number of carboxylic acids is 1. The first kappa shape index (κ1) is 21.4. The van der Waals surface area contributed by atoms with Crippen LogP contribution in [0.1, 0.15) is 26.4 Å². The van der Waals surface area contributed by atoms with Gasteiger partial charge in [-0.2, -0.15) is 5.26 Å². The SMILES string of the molecule is COc1ccc(OC)c(-c2ccc3onc(C(=O)Nc4ccc(C#N)cc4C(=O)O)c3c2)c1. The van der Waals surface area contributed by atoms with Crippen LogP contribution in [0.3, 0.4) is 0 Å². The number of aromatic carboxylic acids is 1. The van der Waals surface area contributed by atoms with E-state index in [-0.39, 0.29) is 22.5 Å². The number of fused-ring (bicyclic) bond motifs is 1. The van der Waals surface area contributed by atoms with Gasteiger partial charge in [0.2, 0.25) is 0 Å². The first-order valence-corrected chi connectivity index (χ1v) is 9.65. The Morgan fingerprint density at radius 1 is 1.06 bits per heavy atom. The van der Waals surface area contributed by atoms with Crippen molar-refractivity contribution in [1.82, 2.24) is 5.16 Å². The average molecular weight is 443 g/mol. The molecule has 164 valence electrons. The zero-order chi connectivity index (χ0) is 23.5. The minimum absolute atomic E-state index is 0.0191. The van der Waals surface area contributed by atoms with E-state index >= 15 is 0 Å². The molecule has 0 saturated carbocycles. The van der Waals surface area contributed by atoms with Crippen molar-refractivity contribution in [1.29, 1.82) is 5.26 Å². The molecule has 0 aliphatic heterocycles. The van der Waals surface area contributed by atoms with Crippen LogP contribution >= 0.6 is 0 Å². The van der Waals surface area contributed by atoms with Gasteiger partial charge in [-0.05, 0) is 54.1 Å². The first-order chi connectivity index (χ1) is 15.9. The van der Waals surface area contributed by atoms with Gasteiger partial charge in [0.1, 0.15) is 11.5 Å². The number of methoxy groups -OCH3 is 2. The fourth-order valence-electron chi connectivity index (χ4n) is 3.39. The van der Waals surface area contributed by atoms with E-state index in [4.69, 9.17) is 19.3 Å². The van der Waals surface area contributed by atoms with Gasteiger partial charge in [-0.15, -0.1) is 0 Å². The highest BCUT2D eigenvalue weighted by molar-refractivity contribution is 6.13. The minimum atomic E-state index is -1.28. The van der Waals surface area contributed by atoms with Gasteiger partial charge in [-0.3, -0.25) is 4.79 Å². The second-order valence-electron chi connectivity index (χ2n) is 6.94. The Kier molecular flexibility index (Phi) is 5.66. The number of carbonyl (C=O) groups is 2. The second-order valence-corrected chi connectivity index (χ2v) is 6.94. The van der Waals surface area contributed by atoms with Crippen molar-refractivity contribution in [3.8, 4) is 28.7 Å². The molecule has 0 bridgehead atoms. The van der Waals surface area contributed by atoms with E-state index in [9.17, 15) is 14.7 Å². The second kappa shape index (κ2) is 8.72. The number of benzene rings is 3. The summed E-state index contributed by atoms with van der Waals surface area (Å²) in [6, 6.07) is 16.4. The molecule has 0 spiro atoms. The highest BCUT2D eigenvalue weighted by atomic mass is 16.5. The maximum Gasteiger partial charge on any atom is 0.337 e. The average Bonchev–Trinajstić information content (AvgIpc) is 3.27. The zero-order valence-corrected chi connectivity index (χ0v) is 17.6. The molecule has 33 heavy (non-hydrogen) atoms. The zero-order valence-electron chi connectivity index (χ0n) is 17.6. The van der Waals surface area contributed by atoms with Crippen LogP contribution in [0.4, 0.5) is 5.69 Å². The summed E-state index contributed by atoms with van der Waals surface area (Å²) in [6.07, 6.45) is 0. The molecule has 1 heterocycles. The lowest BCUT2D eigenvalue weighted by Gasteiger charge is -2.11. The molecule has 0 atom stereocenters. The van der Waals surface area contributed by atoms with E-state index < -0.39 is 11.9 Å². The Morgan fingerprint density at radius 2 is 1.88 bits per heavy atom. The largest absolute Gasteiger partial charge is 0.497 e. The normalized spacial score (nSPS) is 10.5. The Morgan fingerprint density at radius 3 is 2.58 bits per heavy atom. The van der Waals surface area contributed by atoms with Gasteiger partial charge >= 0.3 is 5.97 Å². The quantitative estimate of drug-likeness (QED) is 0.449. The fraction of sp³-hybridized carbons (Fsp3) is 0.0833. The molecule has 0 unspecified atom stereocenters. The van der Waals surface area contributed by atoms with Crippen LogP contribution in [0, 0.1) is 11.3 Å². The topological polar surface area (TPSA) is 135 Å². The number of anilines is 1. The van der Waals surface area contributed by atoms with Gasteiger partial charge in [0.15, 0.2) is 11.3 Å². The predicted molar refractivity (Wildman–Crippen MR) is 119 cm³/mol. The lowest BCUT2D eigenvalue weighted by atomic mass is 10.0. The molecule has 1 amide bonds. The van der Waals surface area contributed by atoms with Crippen LogP contribution in [-0.2, 0) is 0 Å². The molecule has 0 aliphatic carbocycles.